The Labute approximate surface area is 177 Å². The van der Waals surface area contributed by atoms with Gasteiger partial charge in [-0.1, -0.05) is 27.5 Å². The summed E-state index contributed by atoms with van der Waals surface area (Å²) in [6.45, 7) is 0. The number of rotatable bonds is 3. The van der Waals surface area contributed by atoms with E-state index in [-0.39, 0.29) is 16.6 Å². The van der Waals surface area contributed by atoms with Gasteiger partial charge in [0.15, 0.2) is 0 Å². The molecule has 0 unspecified atom stereocenters. The third-order valence-corrected chi connectivity index (χ3v) is 5.23. The summed E-state index contributed by atoms with van der Waals surface area (Å²) in [6, 6.07) is 13.4. The second-order valence-electron chi connectivity index (χ2n) is 6.39. The Morgan fingerprint density at radius 2 is 1.72 bits per heavy atom. The van der Waals surface area contributed by atoms with Gasteiger partial charge < -0.3 is 14.9 Å². The lowest BCUT2D eigenvalue weighted by molar-refractivity contribution is 0.102. The fourth-order valence-electron chi connectivity index (χ4n) is 3.10. The van der Waals surface area contributed by atoms with E-state index in [1.807, 2.05) is 0 Å². The predicted octanol–water partition coefficient (Wildman–Crippen LogP) is 3.69. The van der Waals surface area contributed by atoms with E-state index < -0.39 is 17.2 Å². The zero-order valence-corrected chi connectivity index (χ0v) is 17.4. The van der Waals surface area contributed by atoms with Gasteiger partial charge in [-0.25, -0.2) is 9.36 Å². The zero-order chi connectivity index (χ0) is 20.7. The molecule has 0 saturated carbocycles. The van der Waals surface area contributed by atoms with Crippen LogP contribution in [-0.2, 0) is 7.05 Å². The van der Waals surface area contributed by atoms with Crippen LogP contribution in [-0.4, -0.2) is 20.0 Å². The van der Waals surface area contributed by atoms with Gasteiger partial charge in [-0.05, 0) is 48.5 Å². The van der Waals surface area contributed by atoms with Crippen LogP contribution in [0.3, 0.4) is 0 Å². The average molecular weight is 474 g/mol. The van der Waals surface area contributed by atoms with Crippen molar-refractivity contribution in [1.82, 2.24) is 14.1 Å². The lowest BCUT2D eigenvalue weighted by atomic mass is 10.2. The highest BCUT2D eigenvalue weighted by Crippen LogP contribution is 2.19. The maximum absolute atomic E-state index is 13.0. The largest absolute Gasteiger partial charge is 0.344 e. The molecule has 4 aromatic rings. The fourth-order valence-corrected chi connectivity index (χ4v) is 3.49. The monoisotopic (exact) mass is 472 g/mol. The van der Waals surface area contributed by atoms with Crippen LogP contribution in [0.5, 0.6) is 0 Å². The second kappa shape index (κ2) is 7.38. The summed E-state index contributed by atoms with van der Waals surface area (Å²) < 4.78 is 3.42. The average Bonchev–Trinajstić information content (AvgIpc) is 3.01. The third-order valence-electron chi connectivity index (χ3n) is 4.45. The van der Waals surface area contributed by atoms with Crippen molar-refractivity contribution in [3.05, 3.63) is 90.6 Å². The Morgan fingerprint density at radius 1 is 1.07 bits per heavy atom. The number of halogens is 2. The van der Waals surface area contributed by atoms with Crippen molar-refractivity contribution < 1.29 is 4.79 Å². The lowest BCUT2D eigenvalue weighted by Gasteiger charge is -2.07. The number of H-pyrrole nitrogens is 1. The van der Waals surface area contributed by atoms with Crippen molar-refractivity contribution in [3.63, 3.8) is 0 Å². The minimum Gasteiger partial charge on any atom is -0.344 e. The summed E-state index contributed by atoms with van der Waals surface area (Å²) in [6.07, 6.45) is 1.52. The molecule has 0 saturated heterocycles. The van der Waals surface area contributed by atoms with Gasteiger partial charge in [0.2, 0.25) is 0 Å². The number of carbonyl (C=O) groups excluding carboxylic acids is 1. The minimum absolute atomic E-state index is 0.183. The van der Waals surface area contributed by atoms with Gasteiger partial charge in [-0.2, -0.15) is 0 Å². The van der Waals surface area contributed by atoms with E-state index in [2.05, 4.69) is 26.2 Å². The first-order valence-corrected chi connectivity index (χ1v) is 9.69. The van der Waals surface area contributed by atoms with Gasteiger partial charge in [0, 0.05) is 28.4 Å². The first-order chi connectivity index (χ1) is 13.8. The number of nitrogens with zero attached hydrogens (tertiary/aromatic N) is 2. The van der Waals surface area contributed by atoms with Crippen LogP contribution >= 0.6 is 27.5 Å². The fraction of sp³-hybridized carbons (Fsp3) is 0.0500. The molecule has 0 radical (unpaired) electrons. The summed E-state index contributed by atoms with van der Waals surface area (Å²) in [5.74, 6) is -0.433. The van der Waals surface area contributed by atoms with E-state index in [4.69, 9.17) is 11.6 Å². The summed E-state index contributed by atoms with van der Waals surface area (Å²) in [5, 5.41) is 3.25. The number of anilines is 1. The van der Waals surface area contributed by atoms with Crippen molar-refractivity contribution in [3.8, 4) is 5.69 Å². The molecular weight excluding hydrogens is 460 g/mol. The molecule has 2 heterocycles. The molecule has 9 heteroatoms. The first kappa shape index (κ1) is 19.2. The van der Waals surface area contributed by atoms with E-state index in [9.17, 15) is 14.4 Å². The predicted molar refractivity (Wildman–Crippen MR) is 116 cm³/mol. The Kier molecular flexibility index (Phi) is 4.89. The molecule has 29 heavy (non-hydrogen) atoms. The number of hydrogen-bond acceptors (Lipinski definition) is 3. The lowest BCUT2D eigenvalue weighted by Crippen LogP contribution is -2.34. The topological polar surface area (TPSA) is 88.9 Å². The third kappa shape index (κ3) is 3.52. The number of amides is 1. The van der Waals surface area contributed by atoms with Crippen molar-refractivity contribution in [2.75, 3.05) is 5.32 Å². The van der Waals surface area contributed by atoms with Gasteiger partial charge in [-0.3, -0.25) is 9.59 Å². The zero-order valence-electron chi connectivity index (χ0n) is 15.1. The quantitative estimate of drug-likeness (QED) is 0.476. The molecule has 0 spiro atoms. The Morgan fingerprint density at radius 3 is 2.38 bits per heavy atom. The Hall–Kier alpha value is -3.10. The van der Waals surface area contributed by atoms with Crippen LogP contribution in [0.1, 0.15) is 10.4 Å². The van der Waals surface area contributed by atoms with Gasteiger partial charge in [0.1, 0.15) is 5.52 Å². The molecule has 0 aliphatic heterocycles. The van der Waals surface area contributed by atoms with Crippen molar-refractivity contribution in [1.29, 1.82) is 0 Å². The number of carbonyl (C=O) groups is 1. The van der Waals surface area contributed by atoms with Crippen LogP contribution < -0.4 is 16.6 Å². The number of hydrogen-bond donors (Lipinski definition) is 2. The van der Waals surface area contributed by atoms with Gasteiger partial charge >= 0.3 is 5.69 Å². The first-order valence-electron chi connectivity index (χ1n) is 8.52. The van der Waals surface area contributed by atoms with E-state index in [1.165, 1.54) is 10.8 Å². The molecule has 2 aromatic heterocycles. The normalized spacial score (nSPS) is 11.0. The molecule has 1 amide bonds. The molecule has 7 nitrogen and oxygen atoms in total. The minimum atomic E-state index is -0.645. The maximum Gasteiger partial charge on any atom is 0.333 e. The van der Waals surface area contributed by atoms with E-state index >= 15 is 0 Å². The highest BCUT2D eigenvalue weighted by atomic mass is 79.9. The molecular formula is C20H14BrClN4O3. The molecule has 0 aliphatic rings. The highest BCUT2D eigenvalue weighted by molar-refractivity contribution is 9.10. The molecule has 2 aromatic carbocycles. The maximum atomic E-state index is 13.0. The molecule has 0 fully saturated rings. The summed E-state index contributed by atoms with van der Waals surface area (Å²) in [7, 11) is 1.64. The van der Waals surface area contributed by atoms with Gasteiger partial charge in [-0.15, -0.1) is 0 Å². The van der Waals surface area contributed by atoms with Gasteiger partial charge in [0.25, 0.3) is 11.5 Å². The molecule has 146 valence electrons. The molecule has 0 aliphatic carbocycles. The van der Waals surface area contributed by atoms with E-state index in [0.717, 1.165) is 9.04 Å². The van der Waals surface area contributed by atoms with Crippen LogP contribution in [0.2, 0.25) is 5.02 Å². The molecule has 2 N–H and O–H groups in total. The van der Waals surface area contributed by atoms with E-state index in [1.54, 1.807) is 55.6 Å². The smallest absolute Gasteiger partial charge is 0.333 e. The summed E-state index contributed by atoms with van der Waals surface area (Å²) in [4.78, 5) is 41.1. The number of benzene rings is 2. The molecule has 4 rings (SSSR count). The van der Waals surface area contributed by atoms with Crippen molar-refractivity contribution in [2.45, 2.75) is 0 Å². The highest BCUT2D eigenvalue weighted by Gasteiger charge is 2.20. The Bertz CT molecular complexity index is 1350. The van der Waals surface area contributed by atoms with Gasteiger partial charge in [0.05, 0.1) is 16.8 Å². The summed E-state index contributed by atoms with van der Waals surface area (Å²) in [5.41, 5.74) is 0.382. The second-order valence-corrected chi connectivity index (χ2v) is 7.74. The van der Waals surface area contributed by atoms with Crippen LogP contribution in [0, 0.1) is 0 Å². The van der Waals surface area contributed by atoms with Crippen molar-refractivity contribution in [2.24, 2.45) is 7.05 Å². The van der Waals surface area contributed by atoms with Crippen LogP contribution in [0.25, 0.3) is 16.7 Å². The number of aryl methyl sites for hydroxylation is 1. The van der Waals surface area contributed by atoms with Crippen molar-refractivity contribution >= 4 is 50.2 Å². The van der Waals surface area contributed by atoms with E-state index in [0.29, 0.717) is 16.4 Å². The SMILES string of the molecule is Cn1cc(C(=O)Nc2ccc(Br)cc2)c2[nH]c(=O)n(-c3ccc(Cl)cc3)c(=O)c21. The number of nitrogens with one attached hydrogen (secondary N) is 2. The Balaban J connectivity index is 1.83. The molecule has 0 bridgehead atoms. The molecule has 0 atom stereocenters. The van der Waals surface area contributed by atoms with Crippen LogP contribution in [0.15, 0.2) is 68.8 Å². The number of aromatic amines is 1. The summed E-state index contributed by atoms with van der Waals surface area (Å²) >= 11 is 9.23. The number of fused-ring (bicyclic) bond motifs is 1. The van der Waals surface area contributed by atoms with Crippen LogP contribution in [0.4, 0.5) is 5.69 Å². The standard InChI is InChI=1S/C20H14BrClN4O3/c1-25-10-15(18(27)23-13-6-2-11(21)3-7-13)16-17(25)19(28)26(20(29)24-16)14-8-4-12(22)5-9-14/h2-10H,1H3,(H,23,27)(H,24,29). The number of aromatic nitrogens is 3.